The number of nitrogens with two attached hydrogens (primary N) is 1. The van der Waals surface area contributed by atoms with Gasteiger partial charge in [0.05, 0.1) is 6.04 Å². The summed E-state index contributed by atoms with van der Waals surface area (Å²) >= 11 is 14.2. The molecule has 1 unspecified atom stereocenters. The topological polar surface area (TPSA) is 38.0 Å². The second kappa shape index (κ2) is 6.21. The predicted octanol–water partition coefficient (Wildman–Crippen LogP) is 4.15. The maximum absolute atomic E-state index is 6.04. The van der Waals surface area contributed by atoms with Gasteiger partial charge in [0, 0.05) is 13.6 Å². The minimum Gasteiger partial charge on any atom is -0.271 e. The number of nitrogens with one attached hydrogen (secondary N) is 1. The lowest BCUT2D eigenvalue weighted by molar-refractivity contribution is 0.634. The molecule has 0 aliphatic carbocycles. The van der Waals surface area contributed by atoms with E-state index in [9.17, 15) is 0 Å². The minimum atomic E-state index is -0.104. The lowest BCUT2D eigenvalue weighted by Gasteiger charge is -2.18. The first-order valence-corrected chi connectivity index (χ1v) is 7.12. The molecule has 2 aromatic carbocycles. The Balaban J connectivity index is 2.44. The van der Waals surface area contributed by atoms with Crippen LogP contribution in [0.25, 0.3) is 0 Å². The van der Waals surface area contributed by atoms with Gasteiger partial charge in [0.25, 0.3) is 0 Å². The molecule has 1 atom stereocenters. The summed E-state index contributed by atoms with van der Waals surface area (Å²) in [5, 5.41) is 1.40. The van der Waals surface area contributed by atoms with Gasteiger partial charge in [-0.3, -0.25) is 5.84 Å². The van der Waals surface area contributed by atoms with Crippen LogP contribution in [0.15, 0.2) is 42.5 Å². The van der Waals surface area contributed by atoms with Crippen LogP contribution in [0.4, 0.5) is 0 Å². The molecule has 94 valence electrons. The predicted molar refractivity (Wildman–Crippen MR) is 84.8 cm³/mol. The van der Waals surface area contributed by atoms with Crippen molar-refractivity contribution < 1.29 is 0 Å². The summed E-state index contributed by atoms with van der Waals surface area (Å²) in [6.07, 6.45) is 0. The molecular weight excluding hydrogens is 382 g/mol. The van der Waals surface area contributed by atoms with Crippen molar-refractivity contribution in [1.82, 2.24) is 5.43 Å². The first kappa shape index (κ1) is 14.1. The highest BCUT2D eigenvalue weighted by Gasteiger charge is 2.15. The lowest BCUT2D eigenvalue weighted by Crippen LogP contribution is -2.29. The summed E-state index contributed by atoms with van der Waals surface area (Å²) in [6.45, 7) is 0. The summed E-state index contributed by atoms with van der Waals surface area (Å²) in [5.41, 5.74) is 4.91. The first-order chi connectivity index (χ1) is 8.61. The van der Waals surface area contributed by atoms with Crippen molar-refractivity contribution in [2.45, 2.75) is 6.04 Å². The monoisotopic (exact) mass is 392 g/mol. The summed E-state index contributed by atoms with van der Waals surface area (Å²) in [7, 11) is 0. The first-order valence-electron chi connectivity index (χ1n) is 5.28. The third kappa shape index (κ3) is 3.16. The summed E-state index contributed by atoms with van der Waals surface area (Å²) < 4.78 is 1.11. The standard InChI is InChI=1S/C13H11Cl2IN2/c14-9-3-1-8(2-4-9)13(18-17)11-7-10(15)5-6-12(11)16/h1-7,13,18H,17H2. The van der Waals surface area contributed by atoms with E-state index in [-0.39, 0.29) is 6.04 Å². The van der Waals surface area contributed by atoms with Crippen molar-refractivity contribution in [3.05, 3.63) is 67.2 Å². The number of hydrogen-bond donors (Lipinski definition) is 2. The summed E-state index contributed by atoms with van der Waals surface area (Å²) in [5.74, 6) is 5.66. The summed E-state index contributed by atoms with van der Waals surface area (Å²) in [4.78, 5) is 0. The maximum atomic E-state index is 6.04. The Hall–Kier alpha value is -0.330. The largest absolute Gasteiger partial charge is 0.271 e. The fourth-order valence-electron chi connectivity index (χ4n) is 1.76. The highest BCUT2D eigenvalue weighted by molar-refractivity contribution is 14.1. The van der Waals surface area contributed by atoms with Gasteiger partial charge in [-0.15, -0.1) is 0 Å². The molecule has 0 fully saturated rings. The molecule has 0 aliphatic heterocycles. The Kier molecular flexibility index (Phi) is 4.86. The van der Waals surface area contributed by atoms with Crippen molar-refractivity contribution >= 4 is 45.8 Å². The van der Waals surface area contributed by atoms with E-state index in [1.807, 2.05) is 42.5 Å². The van der Waals surface area contributed by atoms with Crippen molar-refractivity contribution in [2.75, 3.05) is 0 Å². The van der Waals surface area contributed by atoms with Gasteiger partial charge in [-0.05, 0) is 64.0 Å². The zero-order valence-corrected chi connectivity index (χ0v) is 13.0. The molecule has 5 heteroatoms. The maximum Gasteiger partial charge on any atom is 0.0720 e. The van der Waals surface area contributed by atoms with E-state index in [1.54, 1.807) is 0 Å². The van der Waals surface area contributed by atoms with Crippen LogP contribution in [0.2, 0.25) is 10.0 Å². The summed E-state index contributed by atoms with van der Waals surface area (Å²) in [6, 6.07) is 13.2. The fourth-order valence-corrected chi connectivity index (χ4v) is 2.71. The molecule has 0 spiro atoms. The Bertz CT molecular complexity index is 543. The van der Waals surface area contributed by atoms with E-state index in [0.29, 0.717) is 10.0 Å². The van der Waals surface area contributed by atoms with E-state index < -0.39 is 0 Å². The smallest absolute Gasteiger partial charge is 0.0720 e. The SMILES string of the molecule is NNC(c1ccc(Cl)cc1)c1cc(Cl)ccc1I. The number of hydrogen-bond acceptors (Lipinski definition) is 2. The Morgan fingerprint density at radius 1 is 1.00 bits per heavy atom. The van der Waals surface area contributed by atoms with Crippen LogP contribution in [0.1, 0.15) is 17.2 Å². The molecule has 0 saturated carbocycles. The third-order valence-electron chi connectivity index (χ3n) is 2.64. The van der Waals surface area contributed by atoms with Gasteiger partial charge in [0.2, 0.25) is 0 Å². The Morgan fingerprint density at radius 2 is 1.61 bits per heavy atom. The zero-order chi connectivity index (χ0) is 13.1. The minimum absolute atomic E-state index is 0.104. The molecule has 0 radical (unpaired) electrons. The number of benzene rings is 2. The molecule has 0 saturated heterocycles. The van der Waals surface area contributed by atoms with E-state index in [0.717, 1.165) is 14.7 Å². The molecular formula is C13H11Cl2IN2. The number of halogens is 3. The lowest BCUT2D eigenvalue weighted by atomic mass is 9.99. The van der Waals surface area contributed by atoms with Crippen molar-refractivity contribution in [2.24, 2.45) is 5.84 Å². The van der Waals surface area contributed by atoms with Crippen LogP contribution in [0, 0.1) is 3.57 Å². The van der Waals surface area contributed by atoms with Crippen molar-refractivity contribution in [3.8, 4) is 0 Å². The van der Waals surface area contributed by atoms with Crippen LogP contribution in [-0.2, 0) is 0 Å². The third-order valence-corrected chi connectivity index (χ3v) is 4.11. The normalized spacial score (nSPS) is 12.4. The van der Waals surface area contributed by atoms with E-state index in [1.165, 1.54) is 0 Å². The molecule has 3 N–H and O–H groups in total. The van der Waals surface area contributed by atoms with Gasteiger partial charge in [0.1, 0.15) is 0 Å². The second-order valence-electron chi connectivity index (χ2n) is 3.82. The molecule has 2 nitrogen and oxygen atoms in total. The van der Waals surface area contributed by atoms with Gasteiger partial charge in [-0.25, -0.2) is 5.43 Å². The molecule has 0 heterocycles. The van der Waals surface area contributed by atoms with Crippen LogP contribution in [0.5, 0.6) is 0 Å². The van der Waals surface area contributed by atoms with Gasteiger partial charge in [-0.2, -0.15) is 0 Å². The molecule has 0 aliphatic rings. The molecule has 18 heavy (non-hydrogen) atoms. The molecule has 0 amide bonds. The van der Waals surface area contributed by atoms with E-state index in [4.69, 9.17) is 29.0 Å². The van der Waals surface area contributed by atoms with Gasteiger partial charge in [-0.1, -0.05) is 35.3 Å². The van der Waals surface area contributed by atoms with E-state index in [2.05, 4.69) is 28.0 Å². The van der Waals surface area contributed by atoms with Crippen molar-refractivity contribution in [3.63, 3.8) is 0 Å². The second-order valence-corrected chi connectivity index (χ2v) is 5.85. The number of hydrazine groups is 1. The highest BCUT2D eigenvalue weighted by Crippen LogP contribution is 2.28. The van der Waals surface area contributed by atoms with Crippen LogP contribution < -0.4 is 11.3 Å². The Morgan fingerprint density at radius 3 is 2.22 bits per heavy atom. The van der Waals surface area contributed by atoms with Crippen molar-refractivity contribution in [1.29, 1.82) is 0 Å². The van der Waals surface area contributed by atoms with E-state index >= 15 is 0 Å². The quantitative estimate of drug-likeness (QED) is 0.467. The van der Waals surface area contributed by atoms with Crippen LogP contribution >= 0.6 is 45.8 Å². The number of rotatable bonds is 3. The molecule has 0 bridgehead atoms. The van der Waals surface area contributed by atoms with Gasteiger partial charge in [0.15, 0.2) is 0 Å². The zero-order valence-electron chi connectivity index (χ0n) is 9.33. The average molecular weight is 393 g/mol. The average Bonchev–Trinajstić information content (AvgIpc) is 2.37. The Labute approximate surface area is 130 Å². The molecule has 0 aromatic heterocycles. The fraction of sp³-hybridized carbons (Fsp3) is 0.0769. The molecule has 2 rings (SSSR count). The highest BCUT2D eigenvalue weighted by atomic mass is 127. The van der Waals surface area contributed by atoms with Crippen LogP contribution in [0.3, 0.4) is 0 Å². The molecule has 2 aromatic rings. The van der Waals surface area contributed by atoms with Gasteiger partial charge >= 0.3 is 0 Å². The van der Waals surface area contributed by atoms with Crippen LogP contribution in [-0.4, -0.2) is 0 Å². The van der Waals surface area contributed by atoms with Gasteiger partial charge < -0.3 is 0 Å².